The number of H-pyrrole nitrogens is 1. The third-order valence-electron chi connectivity index (χ3n) is 5.12. The number of halogens is 1. The number of hydrogen-bond donors (Lipinski definition) is 1. The summed E-state index contributed by atoms with van der Waals surface area (Å²) in [6.07, 6.45) is 5.33. The summed E-state index contributed by atoms with van der Waals surface area (Å²) in [5.41, 5.74) is 0.678. The number of anilines is 2. The first kappa shape index (κ1) is 16.9. The van der Waals surface area contributed by atoms with Crippen LogP contribution in [-0.2, 0) is 0 Å². The lowest BCUT2D eigenvalue weighted by Gasteiger charge is -2.33. The molecule has 26 heavy (non-hydrogen) atoms. The van der Waals surface area contributed by atoms with Gasteiger partial charge in [0.2, 0.25) is 5.95 Å². The Balaban J connectivity index is 1.58. The van der Waals surface area contributed by atoms with Gasteiger partial charge in [0.25, 0.3) is 5.56 Å². The molecule has 0 amide bonds. The maximum Gasteiger partial charge on any atom is 0.251 e. The fourth-order valence-corrected chi connectivity index (χ4v) is 3.86. The van der Waals surface area contributed by atoms with E-state index in [4.69, 9.17) is 0 Å². The molecule has 0 spiro atoms. The highest BCUT2D eigenvalue weighted by atomic mass is 19.1. The van der Waals surface area contributed by atoms with Crippen LogP contribution in [0.2, 0.25) is 0 Å². The summed E-state index contributed by atoms with van der Waals surface area (Å²) in [4.78, 5) is 31.7. The van der Waals surface area contributed by atoms with Gasteiger partial charge in [-0.2, -0.15) is 4.98 Å². The number of nitrogens with zero attached hydrogens (tertiary/aromatic N) is 5. The maximum atomic E-state index is 14.2. The average Bonchev–Trinajstić information content (AvgIpc) is 3.16. The molecule has 2 saturated heterocycles. The molecular formula is C18H23FN6O. The van der Waals surface area contributed by atoms with Crippen LogP contribution >= 0.6 is 0 Å². The number of piperidine rings is 1. The first-order valence-corrected chi connectivity index (χ1v) is 9.20. The molecule has 1 N–H and O–H groups in total. The molecule has 1 unspecified atom stereocenters. The number of aromatic amines is 1. The molecule has 0 radical (unpaired) electrons. The van der Waals surface area contributed by atoms with E-state index in [0.29, 0.717) is 24.1 Å². The van der Waals surface area contributed by atoms with Gasteiger partial charge >= 0.3 is 0 Å². The van der Waals surface area contributed by atoms with Crippen molar-refractivity contribution in [2.45, 2.75) is 38.5 Å². The predicted octanol–water partition coefficient (Wildman–Crippen LogP) is 1.99. The highest BCUT2D eigenvalue weighted by Gasteiger charge is 2.26. The van der Waals surface area contributed by atoms with Crippen LogP contribution in [0.15, 0.2) is 17.1 Å². The summed E-state index contributed by atoms with van der Waals surface area (Å²) in [5, 5.41) is 0. The van der Waals surface area contributed by atoms with Crippen LogP contribution in [0.5, 0.6) is 0 Å². The number of aromatic nitrogens is 4. The lowest BCUT2D eigenvalue weighted by atomic mass is 9.94. The van der Waals surface area contributed by atoms with Crippen LogP contribution in [0, 0.1) is 12.7 Å². The highest BCUT2D eigenvalue weighted by molar-refractivity contribution is 5.46. The van der Waals surface area contributed by atoms with Gasteiger partial charge in [-0.3, -0.25) is 4.79 Å². The van der Waals surface area contributed by atoms with Crippen LogP contribution in [0.3, 0.4) is 0 Å². The van der Waals surface area contributed by atoms with Crippen molar-refractivity contribution < 1.29 is 4.39 Å². The van der Waals surface area contributed by atoms with E-state index in [-0.39, 0.29) is 17.3 Å². The Hall–Kier alpha value is -2.51. The second-order valence-corrected chi connectivity index (χ2v) is 7.08. The number of nitrogens with one attached hydrogen (secondary N) is 1. The summed E-state index contributed by atoms with van der Waals surface area (Å²) < 4.78 is 14.2. The molecule has 0 aromatic carbocycles. The van der Waals surface area contributed by atoms with E-state index in [0.717, 1.165) is 51.0 Å². The zero-order chi connectivity index (χ0) is 18.1. The van der Waals surface area contributed by atoms with Crippen molar-refractivity contribution in [2.24, 2.45) is 0 Å². The summed E-state index contributed by atoms with van der Waals surface area (Å²) in [7, 11) is 0. The standard InChI is InChI=1S/C18H23FN6O/c1-12-21-15(9-16(26)22-12)13-5-4-8-25(11-13)18-20-10-14(19)17(23-18)24-6-2-3-7-24/h9-10,13H,2-8,11H2,1H3,(H,21,22,26). The Morgan fingerprint density at radius 2 is 1.92 bits per heavy atom. The SMILES string of the molecule is Cc1nc(C2CCCN(c3ncc(F)c(N4CCCC4)n3)C2)cc(=O)[nH]1. The van der Waals surface area contributed by atoms with E-state index < -0.39 is 0 Å². The van der Waals surface area contributed by atoms with E-state index >= 15 is 0 Å². The summed E-state index contributed by atoms with van der Waals surface area (Å²) in [6.45, 7) is 4.97. The van der Waals surface area contributed by atoms with Crippen molar-refractivity contribution in [3.05, 3.63) is 40.0 Å². The Kier molecular flexibility index (Phi) is 4.57. The molecule has 138 valence electrons. The van der Waals surface area contributed by atoms with Crippen molar-refractivity contribution >= 4 is 11.8 Å². The van der Waals surface area contributed by atoms with Crippen LogP contribution < -0.4 is 15.4 Å². The summed E-state index contributed by atoms with van der Waals surface area (Å²) >= 11 is 0. The number of rotatable bonds is 3. The lowest BCUT2D eigenvalue weighted by molar-refractivity contribution is 0.491. The molecule has 1 atom stereocenters. The van der Waals surface area contributed by atoms with Crippen LogP contribution in [-0.4, -0.2) is 46.1 Å². The zero-order valence-corrected chi connectivity index (χ0v) is 14.9. The van der Waals surface area contributed by atoms with Gasteiger partial charge in [0.1, 0.15) is 5.82 Å². The topological polar surface area (TPSA) is 78.0 Å². The van der Waals surface area contributed by atoms with Gasteiger partial charge in [0.05, 0.1) is 11.9 Å². The predicted molar refractivity (Wildman–Crippen MR) is 97.2 cm³/mol. The van der Waals surface area contributed by atoms with E-state index in [1.807, 2.05) is 4.90 Å². The summed E-state index contributed by atoms with van der Waals surface area (Å²) in [5.74, 6) is 1.36. The normalized spacial score (nSPS) is 20.6. The zero-order valence-electron chi connectivity index (χ0n) is 14.9. The van der Waals surface area contributed by atoms with Gasteiger partial charge in [0, 0.05) is 38.2 Å². The van der Waals surface area contributed by atoms with Gasteiger partial charge < -0.3 is 14.8 Å². The molecule has 2 aliphatic heterocycles. The minimum atomic E-state index is -0.365. The molecule has 0 bridgehead atoms. The molecule has 4 rings (SSSR count). The van der Waals surface area contributed by atoms with Crippen molar-refractivity contribution in [1.82, 2.24) is 19.9 Å². The van der Waals surface area contributed by atoms with Gasteiger partial charge in [0.15, 0.2) is 11.6 Å². The van der Waals surface area contributed by atoms with Crippen molar-refractivity contribution in [3.63, 3.8) is 0 Å². The monoisotopic (exact) mass is 358 g/mol. The quantitative estimate of drug-likeness (QED) is 0.904. The molecule has 2 aromatic heterocycles. The molecule has 2 fully saturated rings. The number of hydrogen-bond acceptors (Lipinski definition) is 6. The fourth-order valence-electron chi connectivity index (χ4n) is 3.86. The van der Waals surface area contributed by atoms with Crippen LogP contribution in [0.1, 0.15) is 43.1 Å². The highest BCUT2D eigenvalue weighted by Crippen LogP contribution is 2.29. The second kappa shape index (κ2) is 7.01. The molecule has 7 nitrogen and oxygen atoms in total. The molecular weight excluding hydrogens is 335 g/mol. The van der Waals surface area contributed by atoms with Crippen molar-refractivity contribution in [2.75, 3.05) is 36.0 Å². The van der Waals surface area contributed by atoms with Crippen LogP contribution in [0.4, 0.5) is 16.2 Å². The Morgan fingerprint density at radius 1 is 1.15 bits per heavy atom. The molecule has 0 saturated carbocycles. The fraction of sp³-hybridized carbons (Fsp3) is 0.556. The van der Waals surface area contributed by atoms with Gasteiger partial charge in [-0.15, -0.1) is 0 Å². The Morgan fingerprint density at radius 3 is 2.69 bits per heavy atom. The Labute approximate surface area is 151 Å². The third-order valence-corrected chi connectivity index (χ3v) is 5.12. The minimum Gasteiger partial charge on any atom is -0.354 e. The van der Waals surface area contributed by atoms with E-state index in [9.17, 15) is 9.18 Å². The van der Waals surface area contributed by atoms with E-state index in [1.54, 1.807) is 13.0 Å². The lowest BCUT2D eigenvalue weighted by Crippen LogP contribution is -2.36. The molecule has 2 aliphatic rings. The minimum absolute atomic E-state index is 0.126. The van der Waals surface area contributed by atoms with Crippen molar-refractivity contribution in [1.29, 1.82) is 0 Å². The Bertz CT molecular complexity index is 848. The molecule has 4 heterocycles. The average molecular weight is 358 g/mol. The van der Waals surface area contributed by atoms with Gasteiger partial charge in [-0.05, 0) is 32.6 Å². The second-order valence-electron chi connectivity index (χ2n) is 7.08. The van der Waals surface area contributed by atoms with Gasteiger partial charge in [-0.25, -0.2) is 14.4 Å². The number of aryl methyl sites for hydroxylation is 1. The van der Waals surface area contributed by atoms with Crippen LogP contribution in [0.25, 0.3) is 0 Å². The largest absolute Gasteiger partial charge is 0.354 e. The summed E-state index contributed by atoms with van der Waals surface area (Å²) in [6, 6.07) is 1.57. The smallest absolute Gasteiger partial charge is 0.251 e. The molecule has 0 aliphatic carbocycles. The van der Waals surface area contributed by atoms with E-state index in [2.05, 4.69) is 24.8 Å². The molecule has 2 aromatic rings. The van der Waals surface area contributed by atoms with Crippen molar-refractivity contribution in [3.8, 4) is 0 Å². The first-order valence-electron chi connectivity index (χ1n) is 9.20. The molecule has 8 heteroatoms. The maximum absolute atomic E-state index is 14.2. The first-order chi connectivity index (χ1) is 12.6. The van der Waals surface area contributed by atoms with Gasteiger partial charge in [-0.1, -0.05) is 0 Å². The van der Waals surface area contributed by atoms with E-state index in [1.165, 1.54) is 6.20 Å². The third kappa shape index (κ3) is 3.40.